The molecule has 0 aliphatic rings. The van der Waals surface area contributed by atoms with Crippen molar-refractivity contribution >= 4 is 22.8 Å². The fraction of sp³-hybridized carbons (Fsp3) is 0.576. The third-order valence-electron chi connectivity index (χ3n) is 7.09. The summed E-state index contributed by atoms with van der Waals surface area (Å²) < 4.78 is 0. The molecule has 0 aliphatic carbocycles. The Bertz CT molecular complexity index is 958. The number of nitrogens with zero attached hydrogens (tertiary/aromatic N) is 2. The van der Waals surface area contributed by atoms with E-state index in [0.717, 1.165) is 37.1 Å². The van der Waals surface area contributed by atoms with E-state index in [1.54, 1.807) is 0 Å². The first kappa shape index (κ1) is 32.5. The second kappa shape index (κ2) is 18.7. The Hall–Kier alpha value is -1.56. The van der Waals surface area contributed by atoms with E-state index in [0.29, 0.717) is 0 Å². The van der Waals surface area contributed by atoms with E-state index in [-0.39, 0.29) is 20.4 Å². The van der Waals surface area contributed by atoms with E-state index in [4.69, 9.17) is 9.98 Å². The van der Waals surface area contributed by atoms with Gasteiger partial charge in [0.05, 0.1) is 22.8 Å². The summed E-state index contributed by atoms with van der Waals surface area (Å²) in [4.78, 5) is 10.5. The van der Waals surface area contributed by atoms with Crippen LogP contribution in [0.3, 0.4) is 0 Å². The number of rotatable bonds is 16. The maximum absolute atomic E-state index is 5.28. The molecule has 0 aromatic heterocycles. The van der Waals surface area contributed by atoms with Crippen LogP contribution in [0.15, 0.2) is 46.4 Å². The summed E-state index contributed by atoms with van der Waals surface area (Å²) in [5.74, 6) is 0. The van der Waals surface area contributed by atoms with E-state index < -0.39 is 0 Å². The van der Waals surface area contributed by atoms with Crippen LogP contribution in [0.1, 0.15) is 121 Å². The molecule has 0 atom stereocenters. The molecule has 2 nitrogen and oxygen atoms in total. The Morgan fingerprint density at radius 2 is 1.06 bits per heavy atom. The summed E-state index contributed by atoms with van der Waals surface area (Å²) in [6.45, 7) is 13.4. The van der Waals surface area contributed by atoms with Gasteiger partial charge >= 0.3 is 0 Å². The summed E-state index contributed by atoms with van der Waals surface area (Å²) >= 11 is 0. The molecule has 0 heterocycles. The van der Waals surface area contributed by atoms with Gasteiger partial charge in [0.2, 0.25) is 0 Å². The van der Waals surface area contributed by atoms with Crippen LogP contribution < -0.4 is 0 Å². The van der Waals surface area contributed by atoms with Crippen LogP contribution in [-0.2, 0) is 33.3 Å². The van der Waals surface area contributed by atoms with Gasteiger partial charge in [-0.05, 0) is 98.9 Å². The average Bonchev–Trinajstić information content (AvgIpc) is 2.87. The molecular formula is C33H50N2Pd. The summed E-state index contributed by atoms with van der Waals surface area (Å²) in [5, 5.41) is 0. The predicted octanol–water partition coefficient (Wildman–Crippen LogP) is 10.6. The van der Waals surface area contributed by atoms with Crippen molar-refractivity contribution in [1.29, 1.82) is 0 Å². The molecule has 0 amide bonds. The first-order valence-corrected chi connectivity index (χ1v) is 14.4. The molecule has 2 rings (SSSR count). The van der Waals surface area contributed by atoms with Crippen molar-refractivity contribution in [3.05, 3.63) is 58.7 Å². The minimum absolute atomic E-state index is 0. The number of benzene rings is 2. The second-order valence-electron chi connectivity index (χ2n) is 10.0. The number of hydrogen-bond donors (Lipinski definition) is 0. The third-order valence-corrected chi connectivity index (χ3v) is 7.09. The first-order valence-electron chi connectivity index (χ1n) is 14.4. The molecule has 202 valence electrons. The predicted molar refractivity (Wildman–Crippen MR) is 157 cm³/mol. The van der Waals surface area contributed by atoms with E-state index in [1.807, 2.05) is 0 Å². The Morgan fingerprint density at radius 3 is 1.64 bits per heavy atom. The molecule has 0 saturated heterocycles. The Labute approximate surface area is 236 Å². The van der Waals surface area contributed by atoms with Gasteiger partial charge in [0.1, 0.15) is 0 Å². The molecule has 0 unspecified atom stereocenters. The Balaban J connectivity index is 0.00000648. The smallest absolute Gasteiger partial charge is 0.0636 e. The van der Waals surface area contributed by atoms with Crippen LogP contribution in [0, 0.1) is 13.8 Å². The van der Waals surface area contributed by atoms with E-state index in [2.05, 4.69) is 77.9 Å². The summed E-state index contributed by atoms with van der Waals surface area (Å²) in [7, 11) is 0. The number of unbranched alkanes of at least 4 members (excludes halogenated alkanes) is 7. The van der Waals surface area contributed by atoms with Crippen molar-refractivity contribution in [2.24, 2.45) is 9.98 Å². The molecule has 36 heavy (non-hydrogen) atoms. The molecule has 2 aromatic rings. The van der Waals surface area contributed by atoms with Crippen molar-refractivity contribution in [2.45, 2.75) is 125 Å². The van der Waals surface area contributed by atoms with Crippen LogP contribution in [0.25, 0.3) is 0 Å². The molecule has 3 heteroatoms. The zero-order valence-corrected chi connectivity index (χ0v) is 25.4. The van der Waals surface area contributed by atoms with Gasteiger partial charge in [-0.3, -0.25) is 9.98 Å². The number of aryl methyl sites for hydroxylation is 4. The van der Waals surface area contributed by atoms with Crippen LogP contribution in [0.5, 0.6) is 0 Å². The van der Waals surface area contributed by atoms with Crippen molar-refractivity contribution in [1.82, 2.24) is 0 Å². The van der Waals surface area contributed by atoms with Gasteiger partial charge in [-0.1, -0.05) is 84.8 Å². The SMILES string of the molecule is CCCCCCCCC(=N\c1ccc(CC)c(CC)c1)/C(CCCCC)=N/c1ccc(C)c(C)c1.[Pd]. The summed E-state index contributed by atoms with van der Waals surface area (Å²) in [6.07, 6.45) is 15.6. The van der Waals surface area contributed by atoms with Crippen molar-refractivity contribution in [2.75, 3.05) is 0 Å². The number of aliphatic imine (C=N–C) groups is 2. The van der Waals surface area contributed by atoms with Gasteiger partial charge < -0.3 is 0 Å². The van der Waals surface area contributed by atoms with Crippen LogP contribution >= 0.6 is 0 Å². The van der Waals surface area contributed by atoms with Gasteiger partial charge in [0, 0.05) is 20.4 Å². The largest absolute Gasteiger partial charge is 0.252 e. The minimum atomic E-state index is 0. The summed E-state index contributed by atoms with van der Waals surface area (Å²) in [5.41, 5.74) is 10.0. The summed E-state index contributed by atoms with van der Waals surface area (Å²) in [6, 6.07) is 13.4. The quantitative estimate of drug-likeness (QED) is 0.107. The fourth-order valence-electron chi connectivity index (χ4n) is 4.61. The van der Waals surface area contributed by atoms with Gasteiger partial charge in [0.25, 0.3) is 0 Å². The fourth-order valence-corrected chi connectivity index (χ4v) is 4.61. The standard InChI is InChI=1S/C33H50N2.Pd/c1-7-11-13-14-15-17-19-33(35-31-23-21-28(9-3)29(10-4)25-31)32(18-16-12-8-2)34-30-22-20-26(5)27(6)24-30;/h20-25H,7-19H2,1-6H3;/b34-32+,35-33+;. The zero-order valence-electron chi connectivity index (χ0n) is 23.9. The molecule has 0 aliphatic heterocycles. The second-order valence-corrected chi connectivity index (χ2v) is 10.0. The van der Waals surface area contributed by atoms with E-state index >= 15 is 0 Å². The van der Waals surface area contributed by atoms with Gasteiger partial charge in [-0.15, -0.1) is 0 Å². The minimum Gasteiger partial charge on any atom is -0.252 e. The topological polar surface area (TPSA) is 24.7 Å². The average molecular weight is 581 g/mol. The van der Waals surface area contributed by atoms with E-state index in [1.165, 1.54) is 91.5 Å². The third kappa shape index (κ3) is 11.2. The first-order chi connectivity index (χ1) is 17.0. The van der Waals surface area contributed by atoms with Gasteiger partial charge in [0.15, 0.2) is 0 Å². The molecule has 2 aromatic carbocycles. The number of hydrogen-bond acceptors (Lipinski definition) is 2. The Morgan fingerprint density at radius 1 is 0.556 bits per heavy atom. The van der Waals surface area contributed by atoms with Crippen molar-refractivity contribution in [3.8, 4) is 0 Å². The Kier molecular flexibility index (Phi) is 16.8. The maximum atomic E-state index is 5.28. The van der Waals surface area contributed by atoms with Crippen LogP contribution in [-0.4, -0.2) is 11.4 Å². The monoisotopic (exact) mass is 580 g/mol. The molecule has 0 bridgehead atoms. The molecule has 0 N–H and O–H groups in total. The van der Waals surface area contributed by atoms with Gasteiger partial charge in [-0.25, -0.2) is 0 Å². The van der Waals surface area contributed by atoms with Crippen molar-refractivity contribution in [3.63, 3.8) is 0 Å². The zero-order chi connectivity index (χ0) is 25.5. The van der Waals surface area contributed by atoms with Gasteiger partial charge in [-0.2, -0.15) is 0 Å². The normalized spacial score (nSPS) is 12.1. The van der Waals surface area contributed by atoms with Crippen molar-refractivity contribution < 1.29 is 20.4 Å². The van der Waals surface area contributed by atoms with E-state index in [9.17, 15) is 0 Å². The molecule has 0 saturated carbocycles. The molecular weight excluding hydrogens is 531 g/mol. The molecule has 0 fully saturated rings. The molecule has 0 spiro atoms. The van der Waals surface area contributed by atoms with Crippen LogP contribution in [0.2, 0.25) is 0 Å². The molecule has 0 radical (unpaired) electrons. The van der Waals surface area contributed by atoms with Crippen LogP contribution in [0.4, 0.5) is 11.4 Å². The maximum Gasteiger partial charge on any atom is 0.0636 e.